The Hall–Kier alpha value is -2.95. The normalized spacial score (nSPS) is 10.8. The van der Waals surface area contributed by atoms with E-state index in [1.54, 1.807) is 18.2 Å². The second-order valence-electron chi connectivity index (χ2n) is 6.24. The maximum absolute atomic E-state index is 14.3. The Morgan fingerprint density at radius 1 is 0.885 bits per heavy atom. The molecule has 0 saturated carbocycles. The van der Waals surface area contributed by atoms with E-state index in [-0.39, 0.29) is 11.5 Å². The molecule has 0 bridgehead atoms. The van der Waals surface area contributed by atoms with Gasteiger partial charge in [-0.25, -0.2) is 13.2 Å². The molecule has 0 amide bonds. The van der Waals surface area contributed by atoms with Gasteiger partial charge in [0, 0.05) is 12.7 Å². The monoisotopic (exact) mass is 357 g/mol. The number of hydrogen-bond acceptors (Lipinski definition) is 2. The van der Waals surface area contributed by atoms with Crippen molar-refractivity contribution in [2.45, 2.75) is 13.8 Å². The number of nitrogens with zero attached hydrogens (tertiary/aromatic N) is 1. The summed E-state index contributed by atoms with van der Waals surface area (Å²) in [6.45, 7) is 3.72. The molecule has 0 aromatic heterocycles. The van der Waals surface area contributed by atoms with Crippen LogP contribution in [0.1, 0.15) is 11.1 Å². The smallest absolute Gasteiger partial charge is 0.191 e. The lowest BCUT2D eigenvalue weighted by molar-refractivity contribution is 0.429. The molecule has 3 rings (SSSR count). The Kier molecular flexibility index (Phi) is 4.64. The lowest BCUT2D eigenvalue weighted by Gasteiger charge is -2.25. The number of aromatic hydroxyl groups is 1. The van der Waals surface area contributed by atoms with E-state index in [0.717, 1.165) is 28.8 Å². The standard InChI is InChI=1S/C21H18F3NO/c1-12-9-15(14-5-4-6-16(22)10-14)11-18(13(12)2)25(3)21-17(23)7-8-19(26)20(21)24/h4-11,26H,1-3H3. The molecule has 0 aliphatic carbocycles. The summed E-state index contributed by atoms with van der Waals surface area (Å²) >= 11 is 0. The number of anilines is 2. The molecule has 0 saturated heterocycles. The van der Waals surface area contributed by atoms with Crippen molar-refractivity contribution in [1.29, 1.82) is 0 Å². The summed E-state index contributed by atoms with van der Waals surface area (Å²) in [5.41, 5.74) is 3.34. The van der Waals surface area contributed by atoms with E-state index in [2.05, 4.69) is 0 Å². The lowest BCUT2D eigenvalue weighted by Crippen LogP contribution is -2.15. The Balaban J connectivity index is 2.18. The predicted octanol–water partition coefficient (Wildman–Crippen LogP) is 5.86. The van der Waals surface area contributed by atoms with E-state index < -0.39 is 17.4 Å². The van der Waals surface area contributed by atoms with E-state index in [0.29, 0.717) is 11.3 Å². The number of aryl methyl sites for hydroxylation is 1. The van der Waals surface area contributed by atoms with Gasteiger partial charge in [0.25, 0.3) is 0 Å². The predicted molar refractivity (Wildman–Crippen MR) is 97.4 cm³/mol. The van der Waals surface area contributed by atoms with Crippen molar-refractivity contribution >= 4 is 11.4 Å². The van der Waals surface area contributed by atoms with Gasteiger partial charge in [-0.2, -0.15) is 0 Å². The molecular formula is C21H18F3NO. The Morgan fingerprint density at radius 3 is 2.31 bits per heavy atom. The molecule has 0 aliphatic heterocycles. The molecule has 1 N–H and O–H groups in total. The zero-order valence-corrected chi connectivity index (χ0v) is 14.6. The molecule has 0 fully saturated rings. The van der Waals surface area contributed by atoms with Crippen molar-refractivity contribution in [3.05, 3.63) is 77.1 Å². The van der Waals surface area contributed by atoms with Gasteiger partial charge in [0.15, 0.2) is 11.6 Å². The van der Waals surface area contributed by atoms with Crippen LogP contribution < -0.4 is 4.90 Å². The van der Waals surface area contributed by atoms with E-state index in [4.69, 9.17) is 0 Å². The van der Waals surface area contributed by atoms with Crippen LogP contribution in [0.15, 0.2) is 48.5 Å². The third-order valence-corrected chi connectivity index (χ3v) is 4.54. The number of rotatable bonds is 3. The minimum atomic E-state index is -1.03. The minimum Gasteiger partial charge on any atom is -0.505 e. The molecule has 26 heavy (non-hydrogen) atoms. The van der Waals surface area contributed by atoms with Crippen LogP contribution in [0, 0.1) is 31.3 Å². The number of benzene rings is 3. The quantitative estimate of drug-likeness (QED) is 0.634. The molecule has 2 nitrogen and oxygen atoms in total. The van der Waals surface area contributed by atoms with Crippen molar-refractivity contribution in [3.63, 3.8) is 0 Å². The van der Waals surface area contributed by atoms with Gasteiger partial charge in [-0.1, -0.05) is 18.2 Å². The summed E-state index contributed by atoms with van der Waals surface area (Å²) in [7, 11) is 1.53. The Labute approximate surface area is 150 Å². The van der Waals surface area contributed by atoms with Crippen LogP contribution in [0.4, 0.5) is 24.5 Å². The second-order valence-corrected chi connectivity index (χ2v) is 6.24. The van der Waals surface area contributed by atoms with Crippen LogP contribution in [0.3, 0.4) is 0 Å². The van der Waals surface area contributed by atoms with Crippen LogP contribution in [0.5, 0.6) is 5.75 Å². The third-order valence-electron chi connectivity index (χ3n) is 4.54. The van der Waals surface area contributed by atoms with Crippen molar-refractivity contribution in [2.75, 3.05) is 11.9 Å². The zero-order valence-electron chi connectivity index (χ0n) is 14.6. The molecule has 5 heteroatoms. The third kappa shape index (κ3) is 3.12. The van der Waals surface area contributed by atoms with Gasteiger partial charge in [0.05, 0.1) is 0 Å². The largest absolute Gasteiger partial charge is 0.505 e. The SMILES string of the molecule is Cc1cc(-c2cccc(F)c2)cc(N(C)c2c(F)ccc(O)c2F)c1C. The number of phenols is 1. The highest BCUT2D eigenvalue weighted by atomic mass is 19.1. The molecular weight excluding hydrogens is 339 g/mol. The van der Waals surface area contributed by atoms with Gasteiger partial charge in [0.2, 0.25) is 0 Å². The molecule has 3 aromatic carbocycles. The maximum atomic E-state index is 14.3. The fourth-order valence-electron chi connectivity index (χ4n) is 2.98. The van der Waals surface area contributed by atoms with Crippen LogP contribution >= 0.6 is 0 Å². The molecule has 0 spiro atoms. The number of phenolic OH excluding ortho intramolecular Hbond substituents is 1. The first-order valence-corrected chi connectivity index (χ1v) is 8.07. The average Bonchev–Trinajstić information content (AvgIpc) is 2.60. The van der Waals surface area contributed by atoms with E-state index in [1.165, 1.54) is 24.1 Å². The average molecular weight is 357 g/mol. The summed E-state index contributed by atoms with van der Waals surface area (Å²) in [5.74, 6) is -2.79. The summed E-state index contributed by atoms with van der Waals surface area (Å²) in [6, 6.07) is 11.8. The molecule has 0 atom stereocenters. The van der Waals surface area contributed by atoms with Gasteiger partial charge in [-0.05, 0) is 66.4 Å². The number of halogens is 3. The van der Waals surface area contributed by atoms with Crippen LogP contribution in [-0.4, -0.2) is 12.2 Å². The lowest BCUT2D eigenvalue weighted by atomic mass is 9.98. The molecule has 0 radical (unpaired) electrons. The minimum absolute atomic E-state index is 0.344. The first kappa shape index (κ1) is 17.9. The van der Waals surface area contributed by atoms with Gasteiger partial charge >= 0.3 is 0 Å². The van der Waals surface area contributed by atoms with Gasteiger partial charge < -0.3 is 10.0 Å². The first-order chi connectivity index (χ1) is 12.3. The highest BCUT2D eigenvalue weighted by Gasteiger charge is 2.20. The fraction of sp³-hybridized carbons (Fsp3) is 0.143. The Morgan fingerprint density at radius 2 is 1.62 bits per heavy atom. The van der Waals surface area contributed by atoms with Crippen molar-refractivity contribution in [1.82, 2.24) is 0 Å². The van der Waals surface area contributed by atoms with Crippen molar-refractivity contribution in [2.24, 2.45) is 0 Å². The molecule has 0 unspecified atom stereocenters. The van der Waals surface area contributed by atoms with Crippen molar-refractivity contribution < 1.29 is 18.3 Å². The van der Waals surface area contributed by atoms with E-state index in [1.807, 2.05) is 19.9 Å². The second kappa shape index (κ2) is 6.75. The van der Waals surface area contributed by atoms with Gasteiger partial charge in [0.1, 0.15) is 17.3 Å². The summed E-state index contributed by atoms with van der Waals surface area (Å²) in [4.78, 5) is 1.36. The topological polar surface area (TPSA) is 23.5 Å². The van der Waals surface area contributed by atoms with Gasteiger partial charge in [-0.3, -0.25) is 0 Å². The number of hydrogen-bond donors (Lipinski definition) is 1. The molecule has 134 valence electrons. The summed E-state index contributed by atoms with van der Waals surface area (Å²) in [5, 5.41) is 9.60. The maximum Gasteiger partial charge on any atom is 0.191 e. The summed E-state index contributed by atoms with van der Waals surface area (Å²) in [6.07, 6.45) is 0. The van der Waals surface area contributed by atoms with Crippen LogP contribution in [0.2, 0.25) is 0 Å². The first-order valence-electron chi connectivity index (χ1n) is 8.07. The van der Waals surface area contributed by atoms with Crippen molar-refractivity contribution in [3.8, 4) is 16.9 Å². The molecule has 0 heterocycles. The Bertz CT molecular complexity index is 985. The highest BCUT2D eigenvalue weighted by Crippen LogP contribution is 2.37. The van der Waals surface area contributed by atoms with Crippen LogP contribution in [-0.2, 0) is 0 Å². The van der Waals surface area contributed by atoms with Gasteiger partial charge in [-0.15, -0.1) is 0 Å². The summed E-state index contributed by atoms with van der Waals surface area (Å²) < 4.78 is 42.1. The fourth-order valence-corrected chi connectivity index (χ4v) is 2.98. The highest BCUT2D eigenvalue weighted by molar-refractivity contribution is 5.76. The molecule has 3 aromatic rings. The molecule has 0 aliphatic rings. The zero-order chi connectivity index (χ0) is 19.0. The van der Waals surface area contributed by atoms with E-state index in [9.17, 15) is 18.3 Å². The van der Waals surface area contributed by atoms with Crippen LogP contribution in [0.25, 0.3) is 11.1 Å². The van der Waals surface area contributed by atoms with E-state index >= 15 is 0 Å².